The average molecular weight is 305 g/mol. The first-order chi connectivity index (χ1) is 9.95. The van der Waals surface area contributed by atoms with Crippen LogP contribution in [0.1, 0.15) is 11.1 Å². The molecule has 0 aliphatic heterocycles. The number of rotatable bonds is 4. The van der Waals surface area contributed by atoms with Gasteiger partial charge in [0.15, 0.2) is 6.61 Å². The number of hydrogen-bond acceptors (Lipinski definition) is 3. The van der Waals surface area contributed by atoms with E-state index in [0.717, 1.165) is 5.56 Å². The van der Waals surface area contributed by atoms with E-state index in [1.54, 1.807) is 18.2 Å². The highest BCUT2D eigenvalue weighted by Crippen LogP contribution is 2.22. The van der Waals surface area contributed by atoms with Crippen LogP contribution >= 0.6 is 11.6 Å². The van der Waals surface area contributed by atoms with Crippen LogP contribution in [0.4, 0.5) is 11.4 Å². The van der Waals surface area contributed by atoms with Crippen LogP contribution in [-0.4, -0.2) is 12.5 Å². The summed E-state index contributed by atoms with van der Waals surface area (Å²) in [6.45, 7) is 3.96. The zero-order chi connectivity index (χ0) is 15.4. The molecule has 5 heteroatoms. The molecule has 0 heterocycles. The smallest absolute Gasteiger partial charge is 0.262 e. The van der Waals surface area contributed by atoms with Gasteiger partial charge in [-0.05, 0) is 55.3 Å². The van der Waals surface area contributed by atoms with Crippen molar-refractivity contribution in [2.75, 3.05) is 17.7 Å². The average Bonchev–Trinajstić information content (AvgIpc) is 2.44. The minimum atomic E-state index is -0.255. The van der Waals surface area contributed by atoms with Crippen LogP contribution in [-0.2, 0) is 4.79 Å². The molecular formula is C16H17ClN2O2. The first kappa shape index (κ1) is 15.2. The molecule has 0 atom stereocenters. The third-order valence-corrected chi connectivity index (χ3v) is 3.47. The molecule has 0 aromatic heterocycles. The van der Waals surface area contributed by atoms with Crippen molar-refractivity contribution in [3.05, 3.63) is 52.5 Å². The van der Waals surface area contributed by atoms with E-state index in [-0.39, 0.29) is 12.5 Å². The van der Waals surface area contributed by atoms with Gasteiger partial charge in [-0.3, -0.25) is 4.79 Å². The second-order valence-electron chi connectivity index (χ2n) is 4.82. The number of anilines is 2. The van der Waals surface area contributed by atoms with Crippen molar-refractivity contribution in [3.8, 4) is 5.75 Å². The van der Waals surface area contributed by atoms with Crippen LogP contribution in [0.3, 0.4) is 0 Å². The van der Waals surface area contributed by atoms with Crippen molar-refractivity contribution in [1.82, 2.24) is 0 Å². The van der Waals surface area contributed by atoms with E-state index in [4.69, 9.17) is 22.1 Å². The predicted molar refractivity (Wildman–Crippen MR) is 85.9 cm³/mol. The molecule has 2 aromatic rings. The second-order valence-corrected chi connectivity index (χ2v) is 5.23. The number of aryl methyl sites for hydroxylation is 2. The van der Waals surface area contributed by atoms with E-state index in [1.807, 2.05) is 32.0 Å². The SMILES string of the molecule is Cc1ccc(OCC(=O)Nc2ccc(Cl)c(N)c2)cc1C. The Balaban J connectivity index is 1.92. The number of carbonyl (C=O) groups excluding carboxylic acids is 1. The minimum Gasteiger partial charge on any atom is -0.484 e. The summed E-state index contributed by atoms with van der Waals surface area (Å²) in [6.07, 6.45) is 0. The fraction of sp³-hybridized carbons (Fsp3) is 0.188. The summed E-state index contributed by atoms with van der Waals surface area (Å²) in [5, 5.41) is 3.16. The topological polar surface area (TPSA) is 64.3 Å². The number of nitrogens with two attached hydrogens (primary N) is 1. The Kier molecular flexibility index (Phi) is 4.70. The molecule has 0 aliphatic rings. The van der Waals surface area contributed by atoms with Crippen molar-refractivity contribution in [2.45, 2.75) is 13.8 Å². The van der Waals surface area contributed by atoms with Gasteiger partial charge in [-0.1, -0.05) is 17.7 Å². The molecule has 110 valence electrons. The summed E-state index contributed by atoms with van der Waals surface area (Å²) < 4.78 is 5.46. The minimum absolute atomic E-state index is 0.0645. The molecule has 3 N–H and O–H groups in total. The Bertz CT molecular complexity index is 671. The van der Waals surface area contributed by atoms with Crippen LogP contribution in [0.15, 0.2) is 36.4 Å². The highest BCUT2D eigenvalue weighted by molar-refractivity contribution is 6.33. The summed E-state index contributed by atoms with van der Waals surface area (Å²) in [4.78, 5) is 11.8. The van der Waals surface area contributed by atoms with Gasteiger partial charge in [0.2, 0.25) is 0 Å². The van der Waals surface area contributed by atoms with Crippen LogP contribution in [0.2, 0.25) is 5.02 Å². The molecule has 0 radical (unpaired) electrons. The molecule has 1 amide bonds. The third kappa shape index (κ3) is 4.13. The molecule has 4 nitrogen and oxygen atoms in total. The van der Waals surface area contributed by atoms with E-state index in [0.29, 0.717) is 22.1 Å². The number of carbonyl (C=O) groups is 1. The first-order valence-corrected chi connectivity index (χ1v) is 6.88. The zero-order valence-electron chi connectivity index (χ0n) is 11.9. The lowest BCUT2D eigenvalue weighted by atomic mass is 10.1. The first-order valence-electron chi connectivity index (χ1n) is 6.50. The number of amides is 1. The predicted octanol–water partition coefficient (Wildman–Crippen LogP) is 3.56. The fourth-order valence-electron chi connectivity index (χ4n) is 1.77. The highest BCUT2D eigenvalue weighted by atomic mass is 35.5. The summed E-state index contributed by atoms with van der Waals surface area (Å²) in [5.41, 5.74) is 8.99. The van der Waals surface area contributed by atoms with Crippen molar-refractivity contribution >= 4 is 28.9 Å². The summed E-state index contributed by atoms with van der Waals surface area (Å²) >= 11 is 5.82. The van der Waals surface area contributed by atoms with Crippen LogP contribution < -0.4 is 15.8 Å². The fourth-order valence-corrected chi connectivity index (χ4v) is 1.89. The number of benzene rings is 2. The molecule has 0 fully saturated rings. The molecular weight excluding hydrogens is 288 g/mol. The van der Waals surface area contributed by atoms with Crippen LogP contribution in [0, 0.1) is 13.8 Å². The summed E-state index contributed by atoms with van der Waals surface area (Å²) in [7, 11) is 0. The maximum Gasteiger partial charge on any atom is 0.262 e. The van der Waals surface area contributed by atoms with Crippen molar-refractivity contribution < 1.29 is 9.53 Å². The zero-order valence-corrected chi connectivity index (χ0v) is 12.7. The Morgan fingerprint density at radius 1 is 1.19 bits per heavy atom. The number of ether oxygens (including phenoxy) is 1. The van der Waals surface area contributed by atoms with Crippen molar-refractivity contribution in [2.24, 2.45) is 0 Å². The van der Waals surface area contributed by atoms with E-state index >= 15 is 0 Å². The molecule has 2 rings (SSSR count). The van der Waals surface area contributed by atoms with E-state index < -0.39 is 0 Å². The quantitative estimate of drug-likeness (QED) is 0.849. The van der Waals surface area contributed by atoms with Gasteiger partial charge in [-0.25, -0.2) is 0 Å². The molecule has 0 aliphatic carbocycles. The molecule has 0 saturated carbocycles. The van der Waals surface area contributed by atoms with Crippen LogP contribution in [0.5, 0.6) is 5.75 Å². The molecule has 0 bridgehead atoms. The third-order valence-electron chi connectivity index (χ3n) is 3.13. The maximum absolute atomic E-state index is 11.8. The van der Waals surface area contributed by atoms with Gasteiger partial charge in [0.1, 0.15) is 5.75 Å². The lowest BCUT2D eigenvalue weighted by molar-refractivity contribution is -0.118. The lowest BCUT2D eigenvalue weighted by Gasteiger charge is -2.09. The molecule has 0 saturated heterocycles. The van der Waals surface area contributed by atoms with Gasteiger partial charge in [0.05, 0.1) is 10.7 Å². The van der Waals surface area contributed by atoms with Crippen molar-refractivity contribution in [3.63, 3.8) is 0 Å². The lowest BCUT2D eigenvalue weighted by Crippen LogP contribution is -2.20. The number of nitrogens with one attached hydrogen (secondary N) is 1. The molecule has 2 aromatic carbocycles. The normalized spacial score (nSPS) is 10.2. The van der Waals surface area contributed by atoms with Gasteiger partial charge < -0.3 is 15.8 Å². The second kappa shape index (κ2) is 6.50. The highest BCUT2D eigenvalue weighted by Gasteiger charge is 2.06. The monoisotopic (exact) mass is 304 g/mol. The number of nitrogen functional groups attached to an aromatic ring is 1. The Hall–Kier alpha value is -2.20. The maximum atomic E-state index is 11.8. The molecule has 21 heavy (non-hydrogen) atoms. The van der Waals surface area contributed by atoms with Crippen LogP contribution in [0.25, 0.3) is 0 Å². The van der Waals surface area contributed by atoms with Gasteiger partial charge in [-0.15, -0.1) is 0 Å². The van der Waals surface area contributed by atoms with Gasteiger partial charge in [0.25, 0.3) is 5.91 Å². The van der Waals surface area contributed by atoms with E-state index in [2.05, 4.69) is 5.32 Å². The molecule has 0 spiro atoms. The van der Waals surface area contributed by atoms with E-state index in [9.17, 15) is 4.79 Å². The summed E-state index contributed by atoms with van der Waals surface area (Å²) in [6, 6.07) is 10.6. The van der Waals surface area contributed by atoms with Crippen molar-refractivity contribution in [1.29, 1.82) is 0 Å². The van der Waals surface area contributed by atoms with E-state index in [1.165, 1.54) is 5.56 Å². The largest absolute Gasteiger partial charge is 0.484 e. The Morgan fingerprint density at radius 3 is 2.62 bits per heavy atom. The molecule has 0 unspecified atom stereocenters. The van der Waals surface area contributed by atoms with Gasteiger partial charge in [-0.2, -0.15) is 0 Å². The van der Waals surface area contributed by atoms with Gasteiger partial charge in [0, 0.05) is 5.69 Å². The standard InChI is InChI=1S/C16H17ClN2O2/c1-10-3-5-13(7-11(10)2)21-9-16(20)19-12-4-6-14(17)15(18)8-12/h3-8H,9,18H2,1-2H3,(H,19,20). The Morgan fingerprint density at radius 2 is 1.95 bits per heavy atom. The summed E-state index contributed by atoms with van der Waals surface area (Å²) in [5.74, 6) is 0.416. The number of halogens is 1. The Labute approximate surface area is 128 Å². The number of hydrogen-bond donors (Lipinski definition) is 2. The van der Waals surface area contributed by atoms with Gasteiger partial charge >= 0.3 is 0 Å².